The lowest BCUT2D eigenvalue weighted by Gasteiger charge is -2.08. The van der Waals surface area contributed by atoms with Gasteiger partial charge in [-0.2, -0.15) is 0 Å². The fourth-order valence-corrected chi connectivity index (χ4v) is 2.38. The Bertz CT molecular complexity index is 212. The fraction of sp³-hybridized carbons (Fsp3) is 1.00. The second-order valence-electron chi connectivity index (χ2n) is 3.42. The Labute approximate surface area is 81.2 Å². The summed E-state index contributed by atoms with van der Waals surface area (Å²) in [7, 11) is -3.05. The Morgan fingerprint density at radius 1 is 1.23 bits per heavy atom. The molecule has 0 aliphatic heterocycles. The van der Waals surface area contributed by atoms with E-state index in [1.165, 1.54) is 0 Å². The van der Waals surface area contributed by atoms with Crippen molar-refractivity contribution in [3.8, 4) is 0 Å². The van der Waals surface area contributed by atoms with E-state index in [0.717, 1.165) is 6.54 Å². The smallest absolute Gasteiger partial charge is 0.211 e. The van der Waals surface area contributed by atoms with Crippen molar-refractivity contribution in [3.05, 3.63) is 0 Å². The Morgan fingerprint density at radius 3 is 2.31 bits per heavy atom. The highest BCUT2D eigenvalue weighted by molar-refractivity contribution is 7.89. The monoisotopic (exact) mass is 208 g/mol. The van der Waals surface area contributed by atoms with E-state index in [1.54, 1.807) is 0 Å². The summed E-state index contributed by atoms with van der Waals surface area (Å²) in [4.78, 5) is 0. The van der Waals surface area contributed by atoms with Crippen LogP contribution in [-0.4, -0.2) is 33.8 Å². The van der Waals surface area contributed by atoms with Gasteiger partial charge >= 0.3 is 0 Å². The number of likely N-dealkylation sites (N-methyl/N-ethyl adjacent to an activating group) is 1. The van der Waals surface area contributed by atoms with Gasteiger partial charge in [0.05, 0.1) is 5.75 Å². The van der Waals surface area contributed by atoms with E-state index in [4.69, 9.17) is 0 Å². The molecule has 13 heavy (non-hydrogen) atoms. The summed E-state index contributed by atoms with van der Waals surface area (Å²) in [5.41, 5.74) is 0. The van der Waals surface area contributed by atoms with Crippen LogP contribution >= 0.6 is 0 Å². The highest BCUT2D eigenvalue weighted by atomic mass is 32.2. The van der Waals surface area contributed by atoms with Crippen LogP contribution in [0.2, 0.25) is 0 Å². The van der Waals surface area contributed by atoms with Gasteiger partial charge in [0.15, 0.2) is 0 Å². The van der Waals surface area contributed by atoms with Crippen LogP contribution in [0.1, 0.15) is 20.8 Å². The first-order valence-electron chi connectivity index (χ1n) is 4.66. The molecule has 5 heteroatoms. The molecule has 0 unspecified atom stereocenters. The van der Waals surface area contributed by atoms with Crippen molar-refractivity contribution < 1.29 is 8.42 Å². The van der Waals surface area contributed by atoms with E-state index in [0.29, 0.717) is 13.1 Å². The molecule has 0 aliphatic rings. The van der Waals surface area contributed by atoms with Crippen LogP contribution in [0.25, 0.3) is 0 Å². The Balaban J connectivity index is 3.64. The maximum absolute atomic E-state index is 11.3. The van der Waals surface area contributed by atoms with Gasteiger partial charge in [0, 0.05) is 13.1 Å². The highest BCUT2D eigenvalue weighted by Crippen LogP contribution is 1.96. The zero-order valence-electron chi connectivity index (χ0n) is 8.63. The summed E-state index contributed by atoms with van der Waals surface area (Å²) in [6.45, 7) is 7.80. The van der Waals surface area contributed by atoms with Crippen molar-refractivity contribution in [1.82, 2.24) is 10.0 Å². The molecule has 0 amide bonds. The molecule has 0 aromatic rings. The minimum absolute atomic E-state index is 0.177. The molecule has 4 nitrogen and oxygen atoms in total. The molecule has 0 rings (SSSR count). The van der Waals surface area contributed by atoms with Crippen molar-refractivity contribution in [3.63, 3.8) is 0 Å². The lowest BCUT2D eigenvalue weighted by molar-refractivity contribution is 0.564. The summed E-state index contributed by atoms with van der Waals surface area (Å²) in [6.07, 6.45) is 0. The van der Waals surface area contributed by atoms with Crippen molar-refractivity contribution in [2.75, 3.05) is 25.4 Å². The van der Waals surface area contributed by atoms with E-state index < -0.39 is 10.0 Å². The van der Waals surface area contributed by atoms with Crippen LogP contribution in [0.4, 0.5) is 0 Å². The Kier molecular flexibility index (Phi) is 6.28. The molecule has 0 aliphatic carbocycles. The van der Waals surface area contributed by atoms with E-state index in [2.05, 4.69) is 10.0 Å². The zero-order chi connectivity index (χ0) is 10.3. The Hall–Kier alpha value is -0.130. The van der Waals surface area contributed by atoms with Crippen LogP contribution in [0.15, 0.2) is 0 Å². The summed E-state index contributed by atoms with van der Waals surface area (Å²) in [5.74, 6) is 0.385. The standard InChI is InChI=1S/C8H20N2O2S/c1-4-9-5-6-10-13(11,12)7-8(2)3/h8-10H,4-7H2,1-3H3. The first-order valence-corrected chi connectivity index (χ1v) is 6.31. The second-order valence-corrected chi connectivity index (χ2v) is 5.27. The number of rotatable bonds is 7. The first-order chi connectivity index (χ1) is 5.98. The molecule has 0 saturated carbocycles. The normalized spacial score (nSPS) is 12.3. The summed E-state index contributed by atoms with van der Waals surface area (Å²) < 4.78 is 25.1. The van der Waals surface area contributed by atoms with E-state index >= 15 is 0 Å². The van der Waals surface area contributed by atoms with Crippen molar-refractivity contribution >= 4 is 10.0 Å². The summed E-state index contributed by atoms with van der Waals surface area (Å²) in [6, 6.07) is 0. The molecular weight excluding hydrogens is 188 g/mol. The molecule has 0 spiro atoms. The van der Waals surface area contributed by atoms with Crippen LogP contribution in [0.3, 0.4) is 0 Å². The van der Waals surface area contributed by atoms with Gasteiger partial charge in [0.2, 0.25) is 10.0 Å². The van der Waals surface area contributed by atoms with Crippen molar-refractivity contribution in [1.29, 1.82) is 0 Å². The average molecular weight is 208 g/mol. The number of nitrogens with one attached hydrogen (secondary N) is 2. The van der Waals surface area contributed by atoms with Crippen molar-refractivity contribution in [2.45, 2.75) is 20.8 Å². The maximum atomic E-state index is 11.3. The van der Waals surface area contributed by atoms with Crippen molar-refractivity contribution in [2.24, 2.45) is 5.92 Å². The molecule has 80 valence electrons. The molecular formula is C8H20N2O2S. The quantitative estimate of drug-likeness (QED) is 0.586. The van der Waals surface area contributed by atoms with Gasteiger partial charge in [-0.3, -0.25) is 0 Å². The lowest BCUT2D eigenvalue weighted by Crippen LogP contribution is -2.34. The SMILES string of the molecule is CCNCCNS(=O)(=O)CC(C)C. The first kappa shape index (κ1) is 12.9. The third kappa shape index (κ3) is 8.21. The van der Waals surface area contributed by atoms with Gasteiger partial charge in [-0.1, -0.05) is 20.8 Å². The van der Waals surface area contributed by atoms with Crippen LogP contribution in [-0.2, 0) is 10.0 Å². The van der Waals surface area contributed by atoms with E-state index in [1.807, 2.05) is 20.8 Å². The van der Waals surface area contributed by atoms with Gasteiger partial charge in [0.1, 0.15) is 0 Å². The average Bonchev–Trinajstić information content (AvgIpc) is 1.95. The third-order valence-electron chi connectivity index (χ3n) is 1.43. The lowest BCUT2D eigenvalue weighted by atomic mass is 10.3. The maximum Gasteiger partial charge on any atom is 0.211 e. The fourth-order valence-electron chi connectivity index (χ4n) is 0.969. The zero-order valence-corrected chi connectivity index (χ0v) is 9.45. The van der Waals surface area contributed by atoms with Crippen LogP contribution < -0.4 is 10.0 Å². The molecule has 0 saturated heterocycles. The minimum Gasteiger partial charge on any atom is -0.316 e. The molecule has 0 bridgehead atoms. The van der Waals surface area contributed by atoms with Crippen LogP contribution in [0, 0.1) is 5.92 Å². The summed E-state index contributed by atoms with van der Waals surface area (Å²) in [5, 5.41) is 3.05. The Morgan fingerprint density at radius 2 is 1.85 bits per heavy atom. The molecule has 0 radical (unpaired) electrons. The van der Waals surface area contributed by atoms with E-state index in [9.17, 15) is 8.42 Å². The predicted octanol–water partition coefficient (Wildman–Crippen LogP) is 0.171. The molecule has 0 atom stereocenters. The molecule has 0 fully saturated rings. The van der Waals surface area contributed by atoms with Gasteiger partial charge < -0.3 is 5.32 Å². The molecule has 0 aromatic heterocycles. The number of hydrogen-bond acceptors (Lipinski definition) is 3. The molecule has 0 aromatic carbocycles. The largest absolute Gasteiger partial charge is 0.316 e. The number of hydrogen-bond donors (Lipinski definition) is 2. The second kappa shape index (κ2) is 6.34. The van der Waals surface area contributed by atoms with Gasteiger partial charge in [-0.25, -0.2) is 13.1 Å². The van der Waals surface area contributed by atoms with Crippen LogP contribution in [0.5, 0.6) is 0 Å². The molecule has 0 heterocycles. The van der Waals surface area contributed by atoms with Gasteiger partial charge in [0.25, 0.3) is 0 Å². The predicted molar refractivity (Wildman–Crippen MR) is 55.2 cm³/mol. The highest BCUT2D eigenvalue weighted by Gasteiger charge is 2.10. The minimum atomic E-state index is -3.05. The van der Waals surface area contributed by atoms with Gasteiger partial charge in [-0.05, 0) is 12.5 Å². The van der Waals surface area contributed by atoms with Gasteiger partial charge in [-0.15, -0.1) is 0 Å². The van der Waals surface area contributed by atoms with E-state index in [-0.39, 0.29) is 11.7 Å². The number of sulfonamides is 1. The molecule has 2 N–H and O–H groups in total. The topological polar surface area (TPSA) is 58.2 Å². The summed E-state index contributed by atoms with van der Waals surface area (Å²) >= 11 is 0. The third-order valence-corrected chi connectivity index (χ3v) is 3.18.